The molecule has 2 atom stereocenters. The Kier molecular flexibility index (Phi) is 2.58. The van der Waals surface area contributed by atoms with Gasteiger partial charge in [0.2, 0.25) is 5.91 Å². The lowest BCUT2D eigenvalue weighted by Crippen LogP contribution is -2.48. The van der Waals surface area contributed by atoms with Crippen LogP contribution in [0.4, 0.5) is 0 Å². The second-order valence-corrected chi connectivity index (χ2v) is 4.48. The van der Waals surface area contributed by atoms with Crippen molar-refractivity contribution in [3.8, 4) is 0 Å². The summed E-state index contributed by atoms with van der Waals surface area (Å²) in [5.41, 5.74) is 11.5. The minimum atomic E-state index is -0.216. The minimum absolute atomic E-state index is 0.0969. The van der Waals surface area contributed by atoms with Crippen LogP contribution in [0.15, 0.2) is 12.4 Å². The van der Waals surface area contributed by atoms with E-state index in [0.29, 0.717) is 13.0 Å². The first-order chi connectivity index (χ1) is 8.24. The number of imidazole rings is 1. The molecule has 0 aliphatic carbocycles. The lowest BCUT2D eigenvalue weighted by Gasteiger charge is -2.29. The Morgan fingerprint density at radius 1 is 1.47 bits per heavy atom. The molecule has 0 bridgehead atoms. The van der Waals surface area contributed by atoms with Crippen LogP contribution >= 0.6 is 0 Å². The van der Waals surface area contributed by atoms with Gasteiger partial charge in [-0.1, -0.05) is 0 Å². The summed E-state index contributed by atoms with van der Waals surface area (Å²) >= 11 is 0. The molecule has 2 aliphatic rings. The number of nitrogens with zero attached hydrogens (tertiary/aromatic N) is 3. The van der Waals surface area contributed by atoms with Gasteiger partial charge in [0.25, 0.3) is 0 Å². The molecule has 3 rings (SSSR count). The van der Waals surface area contributed by atoms with E-state index in [1.807, 2.05) is 11.1 Å². The second-order valence-electron chi connectivity index (χ2n) is 4.48. The van der Waals surface area contributed by atoms with Gasteiger partial charge in [0.1, 0.15) is 11.9 Å². The molecule has 1 fully saturated rings. The lowest BCUT2D eigenvalue weighted by molar-refractivity contribution is -0.134. The third kappa shape index (κ3) is 1.92. The maximum Gasteiger partial charge on any atom is 0.241 e. The van der Waals surface area contributed by atoms with Crippen LogP contribution in [0.25, 0.3) is 0 Å². The fraction of sp³-hybridized carbons (Fsp3) is 0.600. The fourth-order valence-corrected chi connectivity index (χ4v) is 2.32. The van der Waals surface area contributed by atoms with Gasteiger partial charge in [-0.25, -0.2) is 15.8 Å². The molecule has 92 valence electrons. The van der Waals surface area contributed by atoms with Crippen LogP contribution in [0.2, 0.25) is 0 Å². The lowest BCUT2D eigenvalue weighted by atomic mass is 10.1. The van der Waals surface area contributed by atoms with E-state index in [4.69, 9.17) is 5.73 Å². The van der Waals surface area contributed by atoms with E-state index < -0.39 is 0 Å². The molecule has 3 heterocycles. The SMILES string of the molecule is NC1CC(C(=O)N2CCn3ccnc3C2)NN1. The molecule has 2 aliphatic heterocycles. The average molecular weight is 236 g/mol. The highest BCUT2D eigenvalue weighted by atomic mass is 16.2. The Bertz CT molecular complexity index is 430. The summed E-state index contributed by atoms with van der Waals surface area (Å²) in [5, 5.41) is 0. The van der Waals surface area contributed by atoms with E-state index in [1.54, 1.807) is 6.20 Å². The van der Waals surface area contributed by atoms with Crippen LogP contribution in [0.5, 0.6) is 0 Å². The molecule has 0 saturated carbocycles. The van der Waals surface area contributed by atoms with Gasteiger partial charge < -0.3 is 15.2 Å². The molecule has 17 heavy (non-hydrogen) atoms. The van der Waals surface area contributed by atoms with Gasteiger partial charge in [0.15, 0.2) is 0 Å². The van der Waals surface area contributed by atoms with Gasteiger partial charge in [-0.15, -0.1) is 0 Å². The number of carbonyl (C=O) groups is 1. The molecule has 0 radical (unpaired) electrons. The first-order valence-corrected chi connectivity index (χ1v) is 5.79. The maximum atomic E-state index is 12.2. The van der Waals surface area contributed by atoms with Gasteiger partial charge in [-0.3, -0.25) is 4.79 Å². The van der Waals surface area contributed by atoms with Crippen molar-refractivity contribution in [1.82, 2.24) is 25.3 Å². The van der Waals surface area contributed by atoms with Gasteiger partial charge >= 0.3 is 0 Å². The molecule has 7 heteroatoms. The molecule has 0 aromatic carbocycles. The van der Waals surface area contributed by atoms with Gasteiger partial charge in [-0.2, -0.15) is 0 Å². The third-order valence-electron chi connectivity index (χ3n) is 3.29. The van der Waals surface area contributed by atoms with Crippen LogP contribution < -0.4 is 16.6 Å². The van der Waals surface area contributed by atoms with Crippen molar-refractivity contribution in [2.45, 2.75) is 31.7 Å². The van der Waals surface area contributed by atoms with Gasteiger partial charge in [0, 0.05) is 31.9 Å². The zero-order chi connectivity index (χ0) is 11.8. The number of nitrogens with two attached hydrogens (primary N) is 1. The first-order valence-electron chi connectivity index (χ1n) is 5.79. The quantitative estimate of drug-likeness (QED) is 0.545. The van der Waals surface area contributed by atoms with E-state index in [-0.39, 0.29) is 18.1 Å². The predicted molar refractivity (Wildman–Crippen MR) is 60.3 cm³/mol. The molecule has 1 aromatic rings. The summed E-state index contributed by atoms with van der Waals surface area (Å²) in [4.78, 5) is 18.3. The zero-order valence-corrected chi connectivity index (χ0v) is 9.47. The van der Waals surface area contributed by atoms with Crippen molar-refractivity contribution in [1.29, 1.82) is 0 Å². The number of hydrogen-bond donors (Lipinski definition) is 3. The Balaban J connectivity index is 1.68. The molecule has 0 spiro atoms. The van der Waals surface area contributed by atoms with Crippen molar-refractivity contribution in [3.63, 3.8) is 0 Å². The molecule has 4 N–H and O–H groups in total. The Labute approximate surface area is 98.9 Å². The molecule has 2 unspecified atom stereocenters. The summed E-state index contributed by atoms with van der Waals surface area (Å²) in [5.74, 6) is 1.04. The van der Waals surface area contributed by atoms with E-state index in [0.717, 1.165) is 18.9 Å². The van der Waals surface area contributed by atoms with Crippen molar-refractivity contribution in [2.24, 2.45) is 5.73 Å². The summed E-state index contributed by atoms with van der Waals surface area (Å²) < 4.78 is 2.08. The van der Waals surface area contributed by atoms with Gasteiger partial charge in [-0.05, 0) is 0 Å². The summed E-state index contributed by atoms with van der Waals surface area (Å²) in [6, 6.07) is -0.216. The van der Waals surface area contributed by atoms with E-state index >= 15 is 0 Å². The molecule has 1 aromatic heterocycles. The number of hydrogen-bond acceptors (Lipinski definition) is 5. The van der Waals surface area contributed by atoms with Crippen LogP contribution in [-0.2, 0) is 17.9 Å². The monoisotopic (exact) mass is 236 g/mol. The number of fused-ring (bicyclic) bond motifs is 1. The zero-order valence-electron chi connectivity index (χ0n) is 9.47. The molecule has 7 nitrogen and oxygen atoms in total. The summed E-state index contributed by atoms with van der Waals surface area (Å²) in [6.07, 6.45) is 4.21. The Morgan fingerprint density at radius 3 is 3.12 bits per heavy atom. The standard InChI is InChI=1S/C10H16N6O/c11-8-5-7(13-14-8)10(17)16-4-3-15-2-1-12-9(15)6-16/h1-2,7-8,13-14H,3-6,11H2. The van der Waals surface area contributed by atoms with Crippen LogP contribution in [0, 0.1) is 0 Å². The molecule has 1 saturated heterocycles. The third-order valence-corrected chi connectivity index (χ3v) is 3.29. The van der Waals surface area contributed by atoms with E-state index in [1.165, 1.54) is 0 Å². The molecule has 1 amide bonds. The second kappa shape index (κ2) is 4.10. The maximum absolute atomic E-state index is 12.2. The number of carbonyl (C=O) groups excluding carboxylic acids is 1. The van der Waals surface area contributed by atoms with Crippen LogP contribution in [0.1, 0.15) is 12.2 Å². The van der Waals surface area contributed by atoms with Crippen molar-refractivity contribution < 1.29 is 4.79 Å². The van der Waals surface area contributed by atoms with Crippen molar-refractivity contribution >= 4 is 5.91 Å². The number of hydrazine groups is 1. The van der Waals surface area contributed by atoms with E-state index in [9.17, 15) is 4.79 Å². The number of aromatic nitrogens is 2. The number of nitrogens with one attached hydrogen (secondary N) is 2. The average Bonchev–Trinajstić information content (AvgIpc) is 2.95. The summed E-state index contributed by atoms with van der Waals surface area (Å²) in [6.45, 7) is 2.13. The highest BCUT2D eigenvalue weighted by Crippen LogP contribution is 2.13. The Morgan fingerprint density at radius 2 is 2.35 bits per heavy atom. The van der Waals surface area contributed by atoms with Gasteiger partial charge in [0.05, 0.1) is 12.7 Å². The van der Waals surface area contributed by atoms with Crippen molar-refractivity contribution in [3.05, 3.63) is 18.2 Å². The van der Waals surface area contributed by atoms with Crippen LogP contribution in [0.3, 0.4) is 0 Å². The predicted octanol–water partition coefficient (Wildman–Crippen LogP) is -1.62. The number of rotatable bonds is 1. The highest BCUT2D eigenvalue weighted by molar-refractivity contribution is 5.82. The minimum Gasteiger partial charge on any atom is -0.332 e. The van der Waals surface area contributed by atoms with Crippen molar-refractivity contribution in [2.75, 3.05) is 6.54 Å². The topological polar surface area (TPSA) is 88.2 Å². The fourth-order valence-electron chi connectivity index (χ4n) is 2.32. The largest absolute Gasteiger partial charge is 0.332 e. The molecular formula is C10H16N6O. The normalized spacial score (nSPS) is 28.2. The Hall–Kier alpha value is -1.44. The summed E-state index contributed by atoms with van der Waals surface area (Å²) in [7, 11) is 0. The number of amides is 1. The smallest absolute Gasteiger partial charge is 0.241 e. The van der Waals surface area contributed by atoms with E-state index in [2.05, 4.69) is 20.4 Å². The first kappa shape index (κ1) is 10.7. The van der Waals surface area contributed by atoms with Crippen LogP contribution in [-0.4, -0.2) is 39.1 Å². The highest BCUT2D eigenvalue weighted by Gasteiger charge is 2.32. The molecular weight excluding hydrogens is 220 g/mol.